The van der Waals surface area contributed by atoms with Gasteiger partial charge in [-0.05, 0) is 32.7 Å². The fourth-order valence-electron chi connectivity index (χ4n) is 1.53. The molecule has 0 aromatic carbocycles. The molecule has 2 atom stereocenters. The highest BCUT2D eigenvalue weighted by Crippen LogP contribution is 2.27. The lowest BCUT2D eigenvalue weighted by Gasteiger charge is -2.21. The van der Waals surface area contributed by atoms with Crippen LogP contribution in [0.4, 0.5) is 0 Å². The molecule has 3 heteroatoms. The molecule has 2 N–H and O–H groups in total. The average molecular weight is 173 g/mol. The zero-order valence-corrected chi connectivity index (χ0v) is 8.17. The Labute approximate surface area is 74.2 Å². The van der Waals surface area contributed by atoms with Crippen molar-refractivity contribution in [2.24, 2.45) is 11.7 Å². The molecule has 1 aliphatic heterocycles. The van der Waals surface area contributed by atoms with E-state index < -0.39 is 5.79 Å². The molecule has 0 aromatic heterocycles. The summed E-state index contributed by atoms with van der Waals surface area (Å²) in [5.41, 5.74) is 5.62. The Morgan fingerprint density at radius 3 is 2.58 bits per heavy atom. The largest absolute Gasteiger partial charge is 0.348 e. The maximum absolute atomic E-state index is 5.69. The SMILES string of the molecule is CCC(CN)[C@@H]1COC(C)(C)O1. The zero-order chi connectivity index (χ0) is 9.19. The summed E-state index contributed by atoms with van der Waals surface area (Å²) in [5, 5.41) is 0. The summed E-state index contributed by atoms with van der Waals surface area (Å²) in [6, 6.07) is 0. The number of hydrogen-bond acceptors (Lipinski definition) is 3. The van der Waals surface area contributed by atoms with E-state index >= 15 is 0 Å². The first-order valence-corrected chi connectivity index (χ1v) is 4.61. The van der Waals surface area contributed by atoms with Crippen molar-refractivity contribution in [1.29, 1.82) is 0 Å². The van der Waals surface area contributed by atoms with E-state index in [4.69, 9.17) is 15.2 Å². The summed E-state index contributed by atoms with van der Waals surface area (Å²) in [5.74, 6) is 0.0274. The molecule has 0 spiro atoms. The van der Waals surface area contributed by atoms with Crippen molar-refractivity contribution in [2.45, 2.75) is 39.1 Å². The van der Waals surface area contributed by atoms with Crippen molar-refractivity contribution in [3.63, 3.8) is 0 Å². The highest BCUT2D eigenvalue weighted by atomic mass is 16.7. The fourth-order valence-corrected chi connectivity index (χ4v) is 1.53. The lowest BCUT2D eigenvalue weighted by Crippen LogP contribution is -2.31. The number of hydrogen-bond donors (Lipinski definition) is 1. The molecular weight excluding hydrogens is 154 g/mol. The Morgan fingerprint density at radius 1 is 1.58 bits per heavy atom. The van der Waals surface area contributed by atoms with E-state index in [2.05, 4.69) is 6.92 Å². The van der Waals surface area contributed by atoms with Crippen LogP contribution in [0.2, 0.25) is 0 Å². The van der Waals surface area contributed by atoms with E-state index in [1.165, 1.54) is 0 Å². The highest BCUT2D eigenvalue weighted by Gasteiger charge is 2.35. The van der Waals surface area contributed by atoms with E-state index in [1.54, 1.807) is 0 Å². The molecule has 1 unspecified atom stereocenters. The molecule has 72 valence electrons. The predicted octanol–water partition coefficient (Wildman–Crippen LogP) is 1.12. The van der Waals surface area contributed by atoms with Gasteiger partial charge in [-0.3, -0.25) is 0 Å². The highest BCUT2D eigenvalue weighted by molar-refractivity contribution is 4.77. The second kappa shape index (κ2) is 3.73. The van der Waals surface area contributed by atoms with Crippen molar-refractivity contribution >= 4 is 0 Å². The lowest BCUT2D eigenvalue weighted by atomic mass is 10.0. The second-order valence-electron chi connectivity index (χ2n) is 3.77. The lowest BCUT2D eigenvalue weighted by molar-refractivity contribution is -0.144. The van der Waals surface area contributed by atoms with Gasteiger partial charge in [-0.25, -0.2) is 0 Å². The van der Waals surface area contributed by atoms with Crippen LogP contribution in [0, 0.1) is 5.92 Å². The summed E-state index contributed by atoms with van der Waals surface area (Å²) in [6.07, 6.45) is 1.25. The van der Waals surface area contributed by atoms with Gasteiger partial charge >= 0.3 is 0 Å². The van der Waals surface area contributed by atoms with Gasteiger partial charge < -0.3 is 15.2 Å². The van der Waals surface area contributed by atoms with Gasteiger partial charge in [-0.2, -0.15) is 0 Å². The van der Waals surface area contributed by atoms with Crippen LogP contribution in [0.25, 0.3) is 0 Å². The van der Waals surface area contributed by atoms with Crippen LogP contribution in [0.1, 0.15) is 27.2 Å². The summed E-state index contributed by atoms with van der Waals surface area (Å²) < 4.78 is 11.2. The maximum atomic E-state index is 5.69. The normalized spacial score (nSPS) is 30.5. The van der Waals surface area contributed by atoms with Crippen LogP contribution in [0.3, 0.4) is 0 Å². The van der Waals surface area contributed by atoms with Crippen LogP contribution in [0.5, 0.6) is 0 Å². The van der Waals surface area contributed by atoms with Gasteiger partial charge in [0.1, 0.15) is 0 Å². The minimum absolute atomic E-state index is 0.190. The monoisotopic (exact) mass is 173 g/mol. The number of nitrogens with two attached hydrogens (primary N) is 1. The first-order valence-electron chi connectivity index (χ1n) is 4.61. The van der Waals surface area contributed by atoms with Crippen molar-refractivity contribution < 1.29 is 9.47 Å². The Bertz CT molecular complexity index is 143. The molecule has 0 aliphatic carbocycles. The van der Waals surface area contributed by atoms with E-state index in [9.17, 15) is 0 Å². The molecule has 1 saturated heterocycles. The molecular formula is C9H19NO2. The first-order chi connectivity index (χ1) is 5.59. The van der Waals surface area contributed by atoms with Crippen molar-refractivity contribution in [3.8, 4) is 0 Å². The summed E-state index contributed by atoms with van der Waals surface area (Å²) >= 11 is 0. The molecule has 0 amide bonds. The summed E-state index contributed by atoms with van der Waals surface area (Å²) in [4.78, 5) is 0. The topological polar surface area (TPSA) is 44.5 Å². The van der Waals surface area contributed by atoms with Crippen LogP contribution >= 0.6 is 0 Å². The van der Waals surface area contributed by atoms with Gasteiger partial charge in [0.25, 0.3) is 0 Å². The first kappa shape index (κ1) is 9.96. The van der Waals surface area contributed by atoms with Crippen LogP contribution in [0.15, 0.2) is 0 Å². The third kappa shape index (κ3) is 2.19. The second-order valence-corrected chi connectivity index (χ2v) is 3.77. The van der Waals surface area contributed by atoms with Gasteiger partial charge in [0.05, 0.1) is 12.7 Å². The van der Waals surface area contributed by atoms with E-state index in [-0.39, 0.29) is 6.10 Å². The molecule has 0 bridgehead atoms. The van der Waals surface area contributed by atoms with E-state index in [0.29, 0.717) is 19.1 Å². The minimum Gasteiger partial charge on any atom is -0.348 e. The van der Waals surface area contributed by atoms with E-state index in [0.717, 1.165) is 6.42 Å². The molecule has 1 rings (SSSR count). The van der Waals surface area contributed by atoms with Crippen molar-refractivity contribution in [1.82, 2.24) is 0 Å². The van der Waals surface area contributed by atoms with Gasteiger partial charge in [0.2, 0.25) is 0 Å². The third-order valence-corrected chi connectivity index (χ3v) is 2.38. The molecule has 0 aromatic rings. The van der Waals surface area contributed by atoms with Crippen LogP contribution in [-0.4, -0.2) is 25.0 Å². The molecule has 0 saturated carbocycles. The fraction of sp³-hybridized carbons (Fsp3) is 1.00. The minimum atomic E-state index is -0.409. The summed E-state index contributed by atoms with van der Waals surface area (Å²) in [7, 11) is 0. The Hall–Kier alpha value is -0.120. The molecule has 3 nitrogen and oxygen atoms in total. The zero-order valence-electron chi connectivity index (χ0n) is 8.17. The van der Waals surface area contributed by atoms with Crippen LogP contribution in [-0.2, 0) is 9.47 Å². The Balaban J connectivity index is 2.45. The molecule has 1 fully saturated rings. The standard InChI is InChI=1S/C9H19NO2/c1-4-7(5-10)8-6-11-9(2,3)12-8/h7-8H,4-6,10H2,1-3H3/t7?,8-/m0/s1. The third-order valence-electron chi connectivity index (χ3n) is 2.38. The maximum Gasteiger partial charge on any atom is 0.163 e. The number of rotatable bonds is 3. The van der Waals surface area contributed by atoms with Gasteiger partial charge in [0, 0.05) is 0 Å². The smallest absolute Gasteiger partial charge is 0.163 e. The molecule has 1 heterocycles. The quantitative estimate of drug-likeness (QED) is 0.695. The predicted molar refractivity (Wildman–Crippen MR) is 47.7 cm³/mol. The molecule has 0 radical (unpaired) electrons. The average Bonchev–Trinajstić information content (AvgIpc) is 2.34. The Morgan fingerprint density at radius 2 is 2.25 bits per heavy atom. The summed E-state index contributed by atoms with van der Waals surface area (Å²) in [6.45, 7) is 7.38. The van der Waals surface area contributed by atoms with Crippen LogP contribution < -0.4 is 5.73 Å². The van der Waals surface area contributed by atoms with Gasteiger partial charge in [-0.15, -0.1) is 0 Å². The molecule has 12 heavy (non-hydrogen) atoms. The number of ether oxygens (including phenoxy) is 2. The van der Waals surface area contributed by atoms with Crippen molar-refractivity contribution in [2.75, 3.05) is 13.2 Å². The van der Waals surface area contributed by atoms with Crippen molar-refractivity contribution in [3.05, 3.63) is 0 Å². The van der Waals surface area contributed by atoms with Gasteiger partial charge in [-0.1, -0.05) is 6.92 Å². The Kier molecular flexibility index (Phi) is 3.09. The van der Waals surface area contributed by atoms with E-state index in [1.807, 2.05) is 13.8 Å². The molecule has 1 aliphatic rings. The van der Waals surface area contributed by atoms with Gasteiger partial charge in [0.15, 0.2) is 5.79 Å².